The van der Waals surface area contributed by atoms with Gasteiger partial charge in [0.05, 0.1) is 6.10 Å². The summed E-state index contributed by atoms with van der Waals surface area (Å²) in [7, 11) is 0. The summed E-state index contributed by atoms with van der Waals surface area (Å²) in [6, 6.07) is 3.73. The number of pyridine rings is 1. The summed E-state index contributed by atoms with van der Waals surface area (Å²) < 4.78 is 11.3. The van der Waals surface area contributed by atoms with Gasteiger partial charge in [0.25, 0.3) is 5.88 Å². The molecule has 1 N–H and O–H groups in total. The van der Waals surface area contributed by atoms with Crippen molar-refractivity contribution in [2.45, 2.75) is 26.1 Å². The van der Waals surface area contributed by atoms with E-state index in [2.05, 4.69) is 10.3 Å². The van der Waals surface area contributed by atoms with Gasteiger partial charge in [0.1, 0.15) is 6.10 Å². The number of hydrogen-bond donors (Lipinski definition) is 1. The number of nitrogens with zero attached hydrogens (tertiary/aromatic N) is 1. The van der Waals surface area contributed by atoms with E-state index in [1.54, 1.807) is 6.20 Å². The molecule has 82 valence electrons. The van der Waals surface area contributed by atoms with Gasteiger partial charge < -0.3 is 14.8 Å². The van der Waals surface area contributed by atoms with E-state index >= 15 is 0 Å². The molecule has 1 aromatic rings. The van der Waals surface area contributed by atoms with Gasteiger partial charge >= 0.3 is 0 Å². The first-order valence-electron chi connectivity index (χ1n) is 5.25. The van der Waals surface area contributed by atoms with E-state index in [1.165, 1.54) is 0 Å². The molecule has 1 aliphatic heterocycles. The van der Waals surface area contributed by atoms with Crippen molar-refractivity contribution in [3.8, 4) is 11.6 Å². The van der Waals surface area contributed by atoms with Crippen LogP contribution in [0.5, 0.6) is 11.6 Å². The van der Waals surface area contributed by atoms with Crippen LogP contribution in [0.2, 0.25) is 0 Å². The zero-order valence-corrected chi connectivity index (χ0v) is 9.06. The summed E-state index contributed by atoms with van der Waals surface area (Å²) in [5.74, 6) is 1.32. The van der Waals surface area contributed by atoms with Crippen LogP contribution in [0, 0.1) is 0 Å². The summed E-state index contributed by atoms with van der Waals surface area (Å²) in [5, 5.41) is 3.15. The lowest BCUT2D eigenvalue weighted by molar-refractivity contribution is 0.124. The molecule has 1 fully saturated rings. The monoisotopic (exact) mass is 208 g/mol. The number of aromatic nitrogens is 1. The third kappa shape index (κ3) is 2.59. The molecule has 1 saturated heterocycles. The van der Waals surface area contributed by atoms with E-state index in [-0.39, 0.29) is 12.2 Å². The fourth-order valence-electron chi connectivity index (χ4n) is 1.31. The van der Waals surface area contributed by atoms with Gasteiger partial charge in [-0.1, -0.05) is 0 Å². The first-order chi connectivity index (χ1) is 7.25. The highest BCUT2D eigenvalue weighted by Crippen LogP contribution is 2.25. The molecule has 0 aliphatic carbocycles. The van der Waals surface area contributed by atoms with Crippen molar-refractivity contribution in [2.75, 3.05) is 13.1 Å². The number of ether oxygens (including phenoxy) is 2. The molecular weight excluding hydrogens is 192 g/mol. The molecule has 4 nitrogen and oxygen atoms in total. The predicted octanol–water partition coefficient (Wildman–Crippen LogP) is 1.22. The lowest BCUT2D eigenvalue weighted by Crippen LogP contribution is -2.50. The van der Waals surface area contributed by atoms with Crippen LogP contribution in [0.25, 0.3) is 0 Å². The van der Waals surface area contributed by atoms with Crippen LogP contribution in [-0.4, -0.2) is 30.3 Å². The smallest absolute Gasteiger partial charge is 0.257 e. The molecule has 0 amide bonds. The van der Waals surface area contributed by atoms with Crippen molar-refractivity contribution in [2.24, 2.45) is 0 Å². The number of rotatable bonds is 4. The van der Waals surface area contributed by atoms with E-state index in [0.717, 1.165) is 18.8 Å². The zero-order chi connectivity index (χ0) is 10.7. The van der Waals surface area contributed by atoms with Crippen molar-refractivity contribution >= 4 is 0 Å². The lowest BCUT2D eigenvalue weighted by atomic mass is 10.2. The van der Waals surface area contributed by atoms with E-state index in [9.17, 15) is 0 Å². The van der Waals surface area contributed by atoms with Gasteiger partial charge in [-0.25, -0.2) is 4.98 Å². The van der Waals surface area contributed by atoms with Crippen LogP contribution >= 0.6 is 0 Å². The maximum absolute atomic E-state index is 5.68. The number of hydrogen-bond acceptors (Lipinski definition) is 4. The predicted molar refractivity (Wildman–Crippen MR) is 57.3 cm³/mol. The second-order valence-electron chi connectivity index (χ2n) is 3.87. The quantitative estimate of drug-likeness (QED) is 0.808. The molecule has 2 rings (SSSR count). The SMILES string of the molecule is CC(C)Oc1cccnc1OC1CNC1. The molecule has 0 unspecified atom stereocenters. The van der Waals surface area contributed by atoms with Gasteiger partial charge in [0, 0.05) is 19.3 Å². The van der Waals surface area contributed by atoms with Crippen molar-refractivity contribution in [3.63, 3.8) is 0 Å². The molecule has 1 aliphatic rings. The Morgan fingerprint density at radius 3 is 2.87 bits per heavy atom. The van der Waals surface area contributed by atoms with Crippen molar-refractivity contribution in [1.29, 1.82) is 0 Å². The molecule has 0 spiro atoms. The van der Waals surface area contributed by atoms with Crippen LogP contribution in [0.4, 0.5) is 0 Å². The molecule has 0 atom stereocenters. The normalized spacial score (nSPS) is 16.2. The van der Waals surface area contributed by atoms with Gasteiger partial charge in [-0.2, -0.15) is 0 Å². The van der Waals surface area contributed by atoms with E-state index < -0.39 is 0 Å². The van der Waals surface area contributed by atoms with Crippen LogP contribution in [0.15, 0.2) is 18.3 Å². The van der Waals surface area contributed by atoms with E-state index in [1.807, 2.05) is 26.0 Å². The summed E-state index contributed by atoms with van der Waals surface area (Å²) >= 11 is 0. The van der Waals surface area contributed by atoms with Gasteiger partial charge in [-0.05, 0) is 26.0 Å². The fraction of sp³-hybridized carbons (Fsp3) is 0.545. The summed E-state index contributed by atoms with van der Waals surface area (Å²) in [4.78, 5) is 4.18. The molecule has 2 heterocycles. The molecule has 1 aromatic heterocycles. The van der Waals surface area contributed by atoms with E-state index in [0.29, 0.717) is 5.88 Å². The van der Waals surface area contributed by atoms with Crippen LogP contribution in [0.1, 0.15) is 13.8 Å². The lowest BCUT2D eigenvalue weighted by Gasteiger charge is -2.28. The maximum Gasteiger partial charge on any atom is 0.257 e. The number of nitrogens with one attached hydrogen (secondary N) is 1. The minimum atomic E-state index is 0.135. The average molecular weight is 208 g/mol. The fourth-order valence-corrected chi connectivity index (χ4v) is 1.31. The molecule has 15 heavy (non-hydrogen) atoms. The molecular formula is C11H16N2O2. The van der Waals surface area contributed by atoms with Crippen molar-refractivity contribution in [1.82, 2.24) is 10.3 Å². The Morgan fingerprint density at radius 2 is 2.27 bits per heavy atom. The Morgan fingerprint density at radius 1 is 1.47 bits per heavy atom. The zero-order valence-electron chi connectivity index (χ0n) is 9.06. The topological polar surface area (TPSA) is 43.4 Å². The van der Waals surface area contributed by atoms with Crippen LogP contribution < -0.4 is 14.8 Å². The van der Waals surface area contributed by atoms with Crippen molar-refractivity contribution in [3.05, 3.63) is 18.3 Å². The van der Waals surface area contributed by atoms with Gasteiger partial charge in [0.2, 0.25) is 0 Å². The van der Waals surface area contributed by atoms with Crippen molar-refractivity contribution < 1.29 is 9.47 Å². The Hall–Kier alpha value is -1.29. The summed E-state index contributed by atoms with van der Waals surface area (Å²) in [6.45, 7) is 5.75. The Kier molecular flexibility index (Phi) is 3.06. The summed E-state index contributed by atoms with van der Waals surface area (Å²) in [6.07, 6.45) is 2.08. The second-order valence-corrected chi connectivity index (χ2v) is 3.87. The van der Waals surface area contributed by atoms with E-state index in [4.69, 9.17) is 9.47 Å². The molecule has 0 bridgehead atoms. The molecule has 0 aromatic carbocycles. The molecule has 0 saturated carbocycles. The summed E-state index contributed by atoms with van der Waals surface area (Å²) in [5.41, 5.74) is 0. The highest BCUT2D eigenvalue weighted by Gasteiger charge is 2.20. The molecule has 0 radical (unpaired) electrons. The average Bonchev–Trinajstić information content (AvgIpc) is 2.13. The second kappa shape index (κ2) is 4.49. The Balaban J connectivity index is 2.06. The third-order valence-corrected chi connectivity index (χ3v) is 2.12. The highest BCUT2D eigenvalue weighted by molar-refractivity contribution is 5.33. The van der Waals surface area contributed by atoms with Gasteiger partial charge in [-0.3, -0.25) is 0 Å². The maximum atomic E-state index is 5.68. The molecule has 4 heteroatoms. The van der Waals surface area contributed by atoms with Crippen LogP contribution in [0.3, 0.4) is 0 Å². The Bertz CT molecular complexity index is 324. The largest absolute Gasteiger partial charge is 0.485 e. The third-order valence-electron chi connectivity index (χ3n) is 2.12. The van der Waals surface area contributed by atoms with Gasteiger partial charge in [0.15, 0.2) is 5.75 Å². The van der Waals surface area contributed by atoms with Gasteiger partial charge in [-0.15, -0.1) is 0 Å². The Labute approximate surface area is 89.6 Å². The highest BCUT2D eigenvalue weighted by atomic mass is 16.5. The minimum Gasteiger partial charge on any atom is -0.485 e. The van der Waals surface area contributed by atoms with Crippen LogP contribution in [-0.2, 0) is 0 Å². The minimum absolute atomic E-state index is 0.135. The first-order valence-corrected chi connectivity index (χ1v) is 5.25. The first kappa shape index (κ1) is 10.2. The standard InChI is InChI=1S/C11H16N2O2/c1-8(2)14-10-4-3-5-13-11(10)15-9-6-12-7-9/h3-5,8-9,12H,6-7H2,1-2H3.